The molecule has 0 heterocycles. The van der Waals surface area contributed by atoms with Crippen LogP contribution in [0, 0.1) is 0 Å². The summed E-state index contributed by atoms with van der Waals surface area (Å²) in [4.78, 5) is 0. The van der Waals surface area contributed by atoms with Crippen LogP contribution in [-0.2, 0) is 6.42 Å². The van der Waals surface area contributed by atoms with Gasteiger partial charge in [-0.2, -0.15) is 0 Å². The lowest BCUT2D eigenvalue weighted by Gasteiger charge is -2.16. The highest BCUT2D eigenvalue weighted by Gasteiger charge is 2.18. The molecule has 0 bridgehead atoms. The summed E-state index contributed by atoms with van der Waals surface area (Å²) in [6.07, 6.45) is -1.22. The molecule has 1 N–H and O–H groups in total. The van der Waals surface area contributed by atoms with E-state index in [0.29, 0.717) is 19.4 Å². The number of ether oxygens (including phenoxy) is 1. The molecule has 0 aromatic heterocycles. The zero-order chi connectivity index (χ0) is 12.7. The molecule has 0 aliphatic rings. The summed E-state index contributed by atoms with van der Waals surface area (Å²) in [5, 5.41) is 2.80. The number of hydrogen-bond acceptors (Lipinski definition) is 2. The van der Waals surface area contributed by atoms with Gasteiger partial charge in [0, 0.05) is 0 Å². The van der Waals surface area contributed by atoms with E-state index in [9.17, 15) is 8.78 Å². The molecule has 4 heteroatoms. The van der Waals surface area contributed by atoms with Crippen molar-refractivity contribution in [3.05, 3.63) is 29.8 Å². The molecule has 0 spiro atoms. The summed E-state index contributed by atoms with van der Waals surface area (Å²) in [5.74, 6) is 0.783. The van der Waals surface area contributed by atoms with Crippen LogP contribution in [0.15, 0.2) is 24.3 Å². The minimum Gasteiger partial charge on any atom is -0.497 e. The largest absolute Gasteiger partial charge is 0.497 e. The molecule has 0 aliphatic carbocycles. The van der Waals surface area contributed by atoms with Crippen LogP contribution in [0.5, 0.6) is 5.75 Å². The van der Waals surface area contributed by atoms with Crippen LogP contribution in [0.4, 0.5) is 8.78 Å². The van der Waals surface area contributed by atoms with Crippen molar-refractivity contribution in [1.29, 1.82) is 0 Å². The van der Waals surface area contributed by atoms with Gasteiger partial charge in [0.05, 0.1) is 13.2 Å². The Kier molecular flexibility index (Phi) is 5.91. The van der Waals surface area contributed by atoms with Crippen LogP contribution in [0.2, 0.25) is 0 Å². The molecule has 2 nitrogen and oxygen atoms in total. The Bertz CT molecular complexity index is 314. The number of nitrogens with one attached hydrogen (secondary N) is 1. The second-order valence-corrected chi connectivity index (χ2v) is 3.89. The molecule has 0 radical (unpaired) electrons. The summed E-state index contributed by atoms with van der Waals surface area (Å²) in [7, 11) is 1.60. The minimum atomic E-state index is -2.31. The molecule has 1 atom stereocenters. The summed E-state index contributed by atoms with van der Waals surface area (Å²) in [5.41, 5.74) is 1.05. The number of alkyl halides is 2. The van der Waals surface area contributed by atoms with E-state index in [-0.39, 0.29) is 0 Å². The molecular weight excluding hydrogens is 224 g/mol. The molecule has 1 unspecified atom stereocenters. The van der Waals surface area contributed by atoms with Crippen molar-refractivity contribution < 1.29 is 13.5 Å². The monoisotopic (exact) mass is 243 g/mol. The van der Waals surface area contributed by atoms with Crippen molar-refractivity contribution in [2.45, 2.75) is 32.2 Å². The Hall–Kier alpha value is -1.16. The number of halogens is 2. The molecule has 0 aliphatic heterocycles. The van der Waals surface area contributed by atoms with E-state index >= 15 is 0 Å². The standard InChI is InChI=1S/C13H19F2NO/c1-3-16-12(13(14)15)9-6-10-4-7-11(17-2)8-5-10/h4-5,7-8,12-13,16H,3,6,9H2,1-2H3. The maximum atomic E-state index is 12.6. The number of rotatable bonds is 7. The second kappa shape index (κ2) is 7.22. The average molecular weight is 243 g/mol. The van der Waals surface area contributed by atoms with E-state index in [1.807, 2.05) is 31.2 Å². The molecule has 1 rings (SSSR count). The van der Waals surface area contributed by atoms with Gasteiger partial charge in [0.1, 0.15) is 5.75 Å². The third-order valence-corrected chi connectivity index (χ3v) is 2.67. The van der Waals surface area contributed by atoms with E-state index in [1.54, 1.807) is 7.11 Å². The Morgan fingerprint density at radius 1 is 1.24 bits per heavy atom. The molecule has 0 saturated carbocycles. The van der Waals surface area contributed by atoms with Crippen LogP contribution in [0.1, 0.15) is 18.9 Å². The van der Waals surface area contributed by atoms with Gasteiger partial charge < -0.3 is 10.1 Å². The first-order valence-electron chi connectivity index (χ1n) is 5.81. The lowest BCUT2D eigenvalue weighted by molar-refractivity contribution is 0.0951. The Labute approximate surface area is 101 Å². The normalized spacial score (nSPS) is 12.8. The van der Waals surface area contributed by atoms with Crippen LogP contribution in [0.25, 0.3) is 0 Å². The maximum Gasteiger partial charge on any atom is 0.253 e. The first-order valence-corrected chi connectivity index (χ1v) is 5.81. The van der Waals surface area contributed by atoms with Gasteiger partial charge in [-0.15, -0.1) is 0 Å². The fourth-order valence-corrected chi connectivity index (χ4v) is 1.69. The van der Waals surface area contributed by atoms with E-state index in [0.717, 1.165) is 11.3 Å². The lowest BCUT2D eigenvalue weighted by Crippen LogP contribution is -2.35. The summed E-state index contributed by atoms with van der Waals surface area (Å²) < 4.78 is 30.3. The Balaban J connectivity index is 2.47. The highest BCUT2D eigenvalue weighted by Crippen LogP contribution is 2.15. The third kappa shape index (κ3) is 4.69. The van der Waals surface area contributed by atoms with Gasteiger partial charge in [0.25, 0.3) is 6.43 Å². The van der Waals surface area contributed by atoms with Crippen molar-refractivity contribution in [3.63, 3.8) is 0 Å². The zero-order valence-corrected chi connectivity index (χ0v) is 10.2. The topological polar surface area (TPSA) is 21.3 Å². The fraction of sp³-hybridized carbons (Fsp3) is 0.538. The maximum absolute atomic E-state index is 12.6. The fourth-order valence-electron chi connectivity index (χ4n) is 1.69. The molecule has 1 aromatic carbocycles. The highest BCUT2D eigenvalue weighted by molar-refractivity contribution is 5.27. The van der Waals surface area contributed by atoms with Gasteiger partial charge in [-0.3, -0.25) is 0 Å². The van der Waals surface area contributed by atoms with Crippen molar-refractivity contribution >= 4 is 0 Å². The third-order valence-electron chi connectivity index (χ3n) is 2.67. The van der Waals surface area contributed by atoms with Crippen LogP contribution < -0.4 is 10.1 Å². The number of benzene rings is 1. The molecule has 0 fully saturated rings. The predicted molar refractivity (Wildman–Crippen MR) is 64.8 cm³/mol. The van der Waals surface area contributed by atoms with E-state index in [4.69, 9.17) is 4.74 Å². The van der Waals surface area contributed by atoms with E-state index < -0.39 is 12.5 Å². The van der Waals surface area contributed by atoms with Gasteiger partial charge in [-0.25, -0.2) is 8.78 Å². The van der Waals surface area contributed by atoms with Crippen LogP contribution >= 0.6 is 0 Å². The lowest BCUT2D eigenvalue weighted by atomic mass is 10.1. The smallest absolute Gasteiger partial charge is 0.253 e. The Morgan fingerprint density at radius 2 is 1.88 bits per heavy atom. The molecule has 0 saturated heterocycles. The molecule has 0 amide bonds. The first-order chi connectivity index (χ1) is 8.17. The Morgan fingerprint density at radius 3 is 2.35 bits per heavy atom. The number of hydrogen-bond donors (Lipinski definition) is 1. The van der Waals surface area contributed by atoms with Gasteiger partial charge in [-0.1, -0.05) is 19.1 Å². The van der Waals surface area contributed by atoms with Gasteiger partial charge in [0.2, 0.25) is 0 Å². The van der Waals surface area contributed by atoms with Crippen molar-refractivity contribution in [3.8, 4) is 5.75 Å². The molecule has 96 valence electrons. The van der Waals surface area contributed by atoms with Gasteiger partial charge in [0.15, 0.2) is 0 Å². The molecule has 1 aromatic rings. The predicted octanol–water partition coefficient (Wildman–Crippen LogP) is 2.87. The van der Waals surface area contributed by atoms with Crippen LogP contribution in [-0.4, -0.2) is 26.1 Å². The van der Waals surface area contributed by atoms with Gasteiger partial charge >= 0.3 is 0 Å². The van der Waals surface area contributed by atoms with Crippen molar-refractivity contribution in [2.75, 3.05) is 13.7 Å². The number of aryl methyl sites for hydroxylation is 1. The summed E-state index contributed by atoms with van der Waals surface area (Å²) >= 11 is 0. The summed E-state index contributed by atoms with van der Waals surface area (Å²) in [6.45, 7) is 2.40. The quantitative estimate of drug-likeness (QED) is 0.795. The minimum absolute atomic E-state index is 0.442. The first kappa shape index (κ1) is 13.9. The molecule has 17 heavy (non-hydrogen) atoms. The van der Waals surface area contributed by atoms with Crippen molar-refractivity contribution in [2.24, 2.45) is 0 Å². The summed E-state index contributed by atoms with van der Waals surface area (Å²) in [6, 6.07) is 6.79. The number of methoxy groups -OCH3 is 1. The van der Waals surface area contributed by atoms with Crippen LogP contribution in [0.3, 0.4) is 0 Å². The van der Waals surface area contributed by atoms with Gasteiger partial charge in [-0.05, 0) is 37.1 Å². The van der Waals surface area contributed by atoms with E-state index in [2.05, 4.69) is 5.32 Å². The SMILES string of the molecule is CCNC(CCc1ccc(OC)cc1)C(F)F. The highest BCUT2D eigenvalue weighted by atomic mass is 19.3. The van der Waals surface area contributed by atoms with Crippen molar-refractivity contribution in [1.82, 2.24) is 5.32 Å². The second-order valence-electron chi connectivity index (χ2n) is 3.89. The van der Waals surface area contributed by atoms with E-state index in [1.165, 1.54) is 0 Å². The average Bonchev–Trinajstić information content (AvgIpc) is 2.34. The zero-order valence-electron chi connectivity index (χ0n) is 10.2. The molecular formula is C13H19F2NO.